The van der Waals surface area contributed by atoms with E-state index < -0.39 is 0 Å². The van der Waals surface area contributed by atoms with Crippen LogP contribution in [-0.4, -0.2) is 45.2 Å². The molecule has 2 atom stereocenters. The minimum Gasteiger partial charge on any atom is -0.337 e. The summed E-state index contributed by atoms with van der Waals surface area (Å²) in [5.74, 6) is 0.359. The van der Waals surface area contributed by atoms with Gasteiger partial charge in [-0.25, -0.2) is 0 Å². The molecule has 0 N–H and O–H groups in total. The Morgan fingerprint density at radius 3 is 3.00 bits per heavy atom. The molecule has 2 saturated heterocycles. The molecule has 3 aliphatic rings. The molecule has 3 heterocycles. The maximum absolute atomic E-state index is 12.7. The molecule has 2 amide bonds. The van der Waals surface area contributed by atoms with Crippen molar-refractivity contribution in [3.8, 4) is 0 Å². The second-order valence-electron chi connectivity index (χ2n) is 7.03. The Morgan fingerprint density at radius 2 is 2.25 bits per heavy atom. The molecule has 1 aromatic rings. The van der Waals surface area contributed by atoms with Gasteiger partial charge in [0.2, 0.25) is 11.8 Å². The number of hydrogen-bond acceptors (Lipinski definition) is 3. The lowest BCUT2D eigenvalue weighted by molar-refractivity contribution is -0.131. The van der Waals surface area contributed by atoms with Gasteiger partial charge in [0.25, 0.3) is 0 Å². The van der Waals surface area contributed by atoms with Crippen molar-refractivity contribution >= 4 is 11.8 Å². The molecule has 0 unspecified atom stereocenters. The summed E-state index contributed by atoms with van der Waals surface area (Å²) in [6.07, 6.45) is 11.0. The third kappa shape index (κ3) is 2.83. The molecule has 1 aliphatic carbocycles. The zero-order valence-electron chi connectivity index (χ0n) is 13.9. The van der Waals surface area contributed by atoms with Crippen LogP contribution >= 0.6 is 0 Å². The van der Waals surface area contributed by atoms with Crippen LogP contribution in [0.1, 0.15) is 44.1 Å². The molecule has 0 bridgehead atoms. The van der Waals surface area contributed by atoms with E-state index in [4.69, 9.17) is 0 Å². The van der Waals surface area contributed by atoms with Gasteiger partial charge in [-0.05, 0) is 37.3 Å². The van der Waals surface area contributed by atoms with Gasteiger partial charge in [0, 0.05) is 38.3 Å². The molecule has 126 valence electrons. The molecular formula is C19H23N3O2. The topological polar surface area (TPSA) is 53.5 Å². The van der Waals surface area contributed by atoms with E-state index in [0.29, 0.717) is 19.4 Å². The van der Waals surface area contributed by atoms with Crippen LogP contribution in [0, 0.1) is 0 Å². The highest BCUT2D eigenvalue weighted by molar-refractivity contribution is 5.84. The van der Waals surface area contributed by atoms with Crippen LogP contribution in [0.5, 0.6) is 0 Å². The Balaban J connectivity index is 1.44. The zero-order chi connectivity index (χ0) is 16.5. The van der Waals surface area contributed by atoms with E-state index in [1.54, 1.807) is 6.20 Å². The lowest BCUT2D eigenvalue weighted by Gasteiger charge is -2.25. The quantitative estimate of drug-likeness (QED) is 0.798. The Labute approximate surface area is 142 Å². The summed E-state index contributed by atoms with van der Waals surface area (Å²) in [7, 11) is 0. The number of fused-ring (bicyclic) bond motifs is 1. The monoisotopic (exact) mass is 325 g/mol. The van der Waals surface area contributed by atoms with E-state index in [1.807, 2.05) is 28.1 Å². The second kappa shape index (κ2) is 6.38. The maximum atomic E-state index is 12.7. The third-order valence-corrected chi connectivity index (χ3v) is 5.52. The van der Waals surface area contributed by atoms with Crippen molar-refractivity contribution in [2.75, 3.05) is 6.54 Å². The molecule has 5 heteroatoms. The fourth-order valence-electron chi connectivity index (χ4n) is 4.33. The summed E-state index contributed by atoms with van der Waals surface area (Å²) in [6, 6.07) is 4.12. The van der Waals surface area contributed by atoms with Crippen molar-refractivity contribution in [1.29, 1.82) is 0 Å². The van der Waals surface area contributed by atoms with Gasteiger partial charge < -0.3 is 9.80 Å². The van der Waals surface area contributed by atoms with E-state index in [2.05, 4.69) is 11.1 Å². The first-order valence-electron chi connectivity index (χ1n) is 8.88. The first-order valence-corrected chi connectivity index (χ1v) is 8.88. The molecule has 0 radical (unpaired) electrons. The van der Waals surface area contributed by atoms with Crippen molar-refractivity contribution in [3.05, 3.63) is 41.7 Å². The highest BCUT2D eigenvalue weighted by Gasteiger charge is 2.48. The predicted molar refractivity (Wildman–Crippen MR) is 89.9 cm³/mol. The summed E-state index contributed by atoms with van der Waals surface area (Å²) < 4.78 is 0. The minimum absolute atomic E-state index is 0.0590. The standard InChI is InChI=1S/C19H23N3O2/c23-18(10-14-4-1-2-5-14)21-9-7-16-17(21)11-19(24)22(16)13-15-6-3-8-20-12-15/h3-4,6,8,12,16-17H,1-2,5,7,9-11,13H2/t16-,17-/m0/s1. The first-order chi connectivity index (χ1) is 11.7. The van der Waals surface area contributed by atoms with Gasteiger partial charge in [-0.15, -0.1) is 0 Å². The number of amides is 2. The summed E-state index contributed by atoms with van der Waals surface area (Å²) in [5.41, 5.74) is 2.33. The van der Waals surface area contributed by atoms with Crippen LogP contribution in [-0.2, 0) is 16.1 Å². The Kier molecular flexibility index (Phi) is 4.08. The van der Waals surface area contributed by atoms with E-state index in [-0.39, 0.29) is 23.9 Å². The number of carbonyl (C=O) groups excluding carboxylic acids is 2. The SMILES string of the molecule is O=C(CC1=CCCC1)N1CC[C@H]2[C@@H]1CC(=O)N2Cc1cccnc1. The number of rotatable bonds is 4. The summed E-state index contributed by atoms with van der Waals surface area (Å²) in [5, 5.41) is 0. The van der Waals surface area contributed by atoms with E-state index in [0.717, 1.165) is 31.4 Å². The van der Waals surface area contributed by atoms with Crippen molar-refractivity contribution in [3.63, 3.8) is 0 Å². The molecule has 2 fully saturated rings. The largest absolute Gasteiger partial charge is 0.337 e. The average molecular weight is 325 g/mol. The second-order valence-corrected chi connectivity index (χ2v) is 7.03. The molecule has 0 saturated carbocycles. The average Bonchev–Trinajstić information content (AvgIpc) is 3.28. The fraction of sp³-hybridized carbons (Fsp3) is 0.526. The van der Waals surface area contributed by atoms with Crippen LogP contribution in [0.15, 0.2) is 36.2 Å². The van der Waals surface area contributed by atoms with Crippen LogP contribution in [0.4, 0.5) is 0 Å². The van der Waals surface area contributed by atoms with Gasteiger partial charge in [-0.3, -0.25) is 14.6 Å². The summed E-state index contributed by atoms with van der Waals surface area (Å²) in [4.78, 5) is 33.2. The molecule has 1 aromatic heterocycles. The molecule has 5 nitrogen and oxygen atoms in total. The van der Waals surface area contributed by atoms with Crippen LogP contribution in [0.3, 0.4) is 0 Å². The smallest absolute Gasteiger partial charge is 0.226 e. The number of nitrogens with zero attached hydrogens (tertiary/aromatic N) is 3. The Morgan fingerprint density at radius 1 is 1.33 bits per heavy atom. The normalized spacial score (nSPS) is 26.0. The predicted octanol–water partition coefficient (Wildman–Crippen LogP) is 2.28. The van der Waals surface area contributed by atoms with Crippen molar-refractivity contribution in [2.45, 2.75) is 57.2 Å². The lowest BCUT2D eigenvalue weighted by atomic mass is 10.1. The molecule has 0 spiro atoms. The highest BCUT2D eigenvalue weighted by Crippen LogP contribution is 2.34. The van der Waals surface area contributed by atoms with Gasteiger partial charge >= 0.3 is 0 Å². The van der Waals surface area contributed by atoms with E-state index in [1.165, 1.54) is 12.0 Å². The summed E-state index contributed by atoms with van der Waals surface area (Å²) in [6.45, 7) is 1.37. The minimum atomic E-state index is 0.0590. The van der Waals surface area contributed by atoms with E-state index in [9.17, 15) is 9.59 Å². The number of carbonyl (C=O) groups is 2. The maximum Gasteiger partial charge on any atom is 0.226 e. The fourth-order valence-corrected chi connectivity index (χ4v) is 4.33. The lowest BCUT2D eigenvalue weighted by Crippen LogP contribution is -2.39. The Bertz CT molecular complexity index is 670. The van der Waals surface area contributed by atoms with Gasteiger partial charge in [-0.2, -0.15) is 0 Å². The first kappa shape index (κ1) is 15.4. The van der Waals surface area contributed by atoms with Crippen LogP contribution in [0.25, 0.3) is 0 Å². The van der Waals surface area contributed by atoms with Crippen molar-refractivity contribution in [2.24, 2.45) is 0 Å². The Hall–Kier alpha value is -2.17. The zero-order valence-corrected chi connectivity index (χ0v) is 13.9. The van der Waals surface area contributed by atoms with Gasteiger partial charge in [-0.1, -0.05) is 17.7 Å². The molecule has 0 aromatic carbocycles. The molecule has 4 rings (SSSR count). The van der Waals surface area contributed by atoms with Gasteiger partial charge in [0.05, 0.1) is 12.1 Å². The van der Waals surface area contributed by atoms with Gasteiger partial charge in [0.15, 0.2) is 0 Å². The van der Waals surface area contributed by atoms with Crippen LogP contribution in [0.2, 0.25) is 0 Å². The number of pyridine rings is 1. The third-order valence-electron chi connectivity index (χ3n) is 5.52. The number of aromatic nitrogens is 1. The molecule has 2 aliphatic heterocycles. The molecule has 24 heavy (non-hydrogen) atoms. The highest BCUT2D eigenvalue weighted by atomic mass is 16.2. The van der Waals surface area contributed by atoms with Crippen molar-refractivity contribution in [1.82, 2.24) is 14.8 Å². The number of hydrogen-bond donors (Lipinski definition) is 0. The number of likely N-dealkylation sites (tertiary alicyclic amines) is 2. The summed E-state index contributed by atoms with van der Waals surface area (Å²) >= 11 is 0. The number of allylic oxidation sites excluding steroid dienone is 1. The molecular weight excluding hydrogens is 302 g/mol. The van der Waals surface area contributed by atoms with Crippen LogP contribution < -0.4 is 0 Å². The van der Waals surface area contributed by atoms with Crippen molar-refractivity contribution < 1.29 is 9.59 Å². The van der Waals surface area contributed by atoms with Gasteiger partial charge in [0.1, 0.15) is 0 Å². The van der Waals surface area contributed by atoms with E-state index >= 15 is 0 Å².